The van der Waals surface area contributed by atoms with E-state index in [0.717, 1.165) is 45.8 Å². The summed E-state index contributed by atoms with van der Waals surface area (Å²) in [4.78, 5) is 15.9. The van der Waals surface area contributed by atoms with Gasteiger partial charge < -0.3 is 9.64 Å². The van der Waals surface area contributed by atoms with Crippen molar-refractivity contribution in [3.05, 3.63) is 0 Å². The van der Waals surface area contributed by atoms with E-state index in [4.69, 9.17) is 4.74 Å². The maximum absolute atomic E-state index is 11.6. The highest BCUT2D eigenvalue weighted by molar-refractivity contribution is 5.76. The monoisotopic (exact) mass is 274 g/mol. The number of methoxy groups -OCH3 is 1. The Morgan fingerprint density at radius 1 is 1.05 bits per heavy atom. The Hall–Kier alpha value is -0.610. The van der Waals surface area contributed by atoms with Gasteiger partial charge in [-0.25, -0.2) is 0 Å². The molecule has 0 radical (unpaired) electrons. The van der Waals surface area contributed by atoms with E-state index < -0.39 is 0 Å². The Bertz CT molecular complexity index is 191. The van der Waals surface area contributed by atoms with Crippen LogP contribution in [0, 0.1) is 0 Å². The Kier molecular flexibility index (Phi) is 16.8. The molecule has 1 saturated heterocycles. The van der Waals surface area contributed by atoms with Gasteiger partial charge in [0.1, 0.15) is 0 Å². The maximum Gasteiger partial charge on any atom is 0.222 e. The molecule has 19 heavy (non-hydrogen) atoms. The van der Waals surface area contributed by atoms with Crippen LogP contribution in [0.2, 0.25) is 0 Å². The Morgan fingerprint density at radius 3 is 2.00 bits per heavy atom. The fraction of sp³-hybridized carbons (Fsp3) is 0.933. The molecule has 1 amide bonds. The predicted molar refractivity (Wildman–Crippen MR) is 82.5 cm³/mol. The minimum atomic E-state index is 0.309. The number of piperazine rings is 1. The lowest BCUT2D eigenvalue weighted by Gasteiger charge is -2.34. The lowest BCUT2D eigenvalue weighted by molar-refractivity contribution is -0.133. The minimum Gasteiger partial charge on any atom is -0.383 e. The minimum absolute atomic E-state index is 0.309. The molecule has 4 nitrogen and oxygen atoms in total. The molecule has 0 aromatic heterocycles. The zero-order valence-corrected chi connectivity index (χ0v) is 13.9. The molecule has 0 bridgehead atoms. The Morgan fingerprint density at radius 2 is 1.58 bits per heavy atom. The number of carbonyl (C=O) groups excluding carboxylic acids is 1. The van der Waals surface area contributed by atoms with Crippen LogP contribution in [0.5, 0.6) is 0 Å². The van der Waals surface area contributed by atoms with Gasteiger partial charge in [0.2, 0.25) is 5.91 Å². The third-order valence-electron chi connectivity index (χ3n) is 2.80. The topological polar surface area (TPSA) is 32.8 Å². The third-order valence-corrected chi connectivity index (χ3v) is 2.80. The van der Waals surface area contributed by atoms with Crippen molar-refractivity contribution in [2.24, 2.45) is 0 Å². The summed E-state index contributed by atoms with van der Waals surface area (Å²) >= 11 is 0. The van der Waals surface area contributed by atoms with Gasteiger partial charge in [-0.05, 0) is 6.42 Å². The van der Waals surface area contributed by atoms with E-state index in [0.29, 0.717) is 12.3 Å². The van der Waals surface area contributed by atoms with Gasteiger partial charge >= 0.3 is 0 Å². The molecule has 1 rings (SSSR count). The third kappa shape index (κ3) is 9.91. The highest BCUT2D eigenvalue weighted by Crippen LogP contribution is 2.04. The van der Waals surface area contributed by atoms with E-state index >= 15 is 0 Å². The van der Waals surface area contributed by atoms with Crippen molar-refractivity contribution in [1.29, 1.82) is 0 Å². The predicted octanol–water partition coefficient (Wildman–Crippen LogP) is 2.63. The largest absolute Gasteiger partial charge is 0.383 e. The van der Waals surface area contributed by atoms with Crippen LogP contribution in [0.3, 0.4) is 0 Å². The molecular formula is C15H34N2O2. The molecule has 0 aromatic carbocycles. The van der Waals surface area contributed by atoms with Crippen LogP contribution in [0.15, 0.2) is 0 Å². The van der Waals surface area contributed by atoms with Gasteiger partial charge in [0.25, 0.3) is 0 Å². The van der Waals surface area contributed by atoms with Gasteiger partial charge in [-0.3, -0.25) is 9.69 Å². The Labute approximate surface area is 120 Å². The zero-order valence-electron chi connectivity index (χ0n) is 13.9. The summed E-state index contributed by atoms with van der Waals surface area (Å²) in [6.45, 7) is 15.5. The number of hydrogen-bond donors (Lipinski definition) is 0. The van der Waals surface area contributed by atoms with Crippen LogP contribution in [-0.2, 0) is 9.53 Å². The molecule has 4 heteroatoms. The van der Waals surface area contributed by atoms with E-state index in [-0.39, 0.29) is 0 Å². The lowest BCUT2D eigenvalue weighted by Crippen LogP contribution is -2.49. The number of ether oxygens (including phenoxy) is 1. The number of rotatable bonds is 5. The number of carbonyl (C=O) groups is 1. The van der Waals surface area contributed by atoms with Crippen LogP contribution in [0.1, 0.15) is 47.5 Å². The summed E-state index contributed by atoms with van der Waals surface area (Å²) in [5.41, 5.74) is 0. The van der Waals surface area contributed by atoms with Gasteiger partial charge in [0.05, 0.1) is 6.61 Å². The smallest absolute Gasteiger partial charge is 0.222 e. The van der Waals surface area contributed by atoms with Crippen LogP contribution >= 0.6 is 0 Å². The molecule has 1 heterocycles. The van der Waals surface area contributed by atoms with Crippen molar-refractivity contribution in [3.63, 3.8) is 0 Å². The summed E-state index contributed by atoms with van der Waals surface area (Å²) in [5, 5.41) is 0. The normalized spacial score (nSPS) is 14.9. The molecule has 0 atom stereocenters. The number of nitrogens with zero attached hydrogens (tertiary/aromatic N) is 2. The Balaban J connectivity index is 0. The fourth-order valence-electron chi connectivity index (χ4n) is 1.81. The van der Waals surface area contributed by atoms with Gasteiger partial charge in [0.15, 0.2) is 0 Å². The molecule has 0 aromatic rings. The maximum atomic E-state index is 11.6. The van der Waals surface area contributed by atoms with Crippen molar-refractivity contribution in [3.8, 4) is 0 Å². The molecule has 1 fully saturated rings. The van der Waals surface area contributed by atoms with Crippen molar-refractivity contribution in [1.82, 2.24) is 9.80 Å². The molecular weight excluding hydrogens is 240 g/mol. The van der Waals surface area contributed by atoms with Crippen molar-refractivity contribution < 1.29 is 9.53 Å². The zero-order chi connectivity index (χ0) is 15.1. The van der Waals surface area contributed by atoms with Crippen molar-refractivity contribution in [2.75, 3.05) is 46.4 Å². The first-order chi connectivity index (χ1) is 9.27. The van der Waals surface area contributed by atoms with Crippen LogP contribution in [-0.4, -0.2) is 62.1 Å². The summed E-state index contributed by atoms with van der Waals surface area (Å²) in [5.74, 6) is 0.309. The molecule has 1 aliphatic rings. The molecule has 0 spiro atoms. The van der Waals surface area contributed by atoms with E-state index in [2.05, 4.69) is 4.90 Å². The summed E-state index contributed by atoms with van der Waals surface area (Å²) < 4.78 is 5.04. The van der Waals surface area contributed by atoms with Crippen LogP contribution in [0.4, 0.5) is 0 Å². The second-order valence-electron chi connectivity index (χ2n) is 3.97. The lowest BCUT2D eigenvalue weighted by atomic mass is 10.2. The summed E-state index contributed by atoms with van der Waals surface area (Å²) in [6, 6.07) is 0. The first kappa shape index (κ1) is 20.7. The standard InChI is InChI=1S/C11H22N2O2.2C2H6/c1-3-4-11(14)13-7-5-12(6-8-13)9-10-15-2;2*1-2/h3-10H2,1-2H3;2*1-2H3. The quantitative estimate of drug-likeness (QED) is 0.772. The first-order valence-electron chi connectivity index (χ1n) is 7.77. The molecule has 0 N–H and O–H groups in total. The molecule has 1 aliphatic heterocycles. The van der Waals surface area contributed by atoms with E-state index in [1.54, 1.807) is 7.11 Å². The van der Waals surface area contributed by atoms with E-state index in [9.17, 15) is 4.79 Å². The van der Waals surface area contributed by atoms with Gasteiger partial charge in [0, 0.05) is 46.3 Å². The molecule has 0 saturated carbocycles. The van der Waals surface area contributed by atoms with Crippen molar-refractivity contribution in [2.45, 2.75) is 47.5 Å². The SMILES string of the molecule is CC.CC.CCCC(=O)N1CCN(CCOC)CC1. The van der Waals surface area contributed by atoms with Crippen molar-refractivity contribution >= 4 is 5.91 Å². The highest BCUT2D eigenvalue weighted by Gasteiger charge is 2.19. The second kappa shape index (κ2) is 15.4. The molecule has 0 aliphatic carbocycles. The number of hydrogen-bond acceptors (Lipinski definition) is 3. The van der Waals surface area contributed by atoms with E-state index in [1.165, 1.54) is 0 Å². The molecule has 116 valence electrons. The molecule has 0 unspecified atom stereocenters. The van der Waals surface area contributed by atoms with Crippen LogP contribution in [0.25, 0.3) is 0 Å². The van der Waals surface area contributed by atoms with Crippen LogP contribution < -0.4 is 0 Å². The van der Waals surface area contributed by atoms with Gasteiger partial charge in [-0.15, -0.1) is 0 Å². The summed E-state index contributed by atoms with van der Waals surface area (Å²) in [7, 11) is 1.72. The van der Waals surface area contributed by atoms with Gasteiger partial charge in [-0.2, -0.15) is 0 Å². The fourth-order valence-corrected chi connectivity index (χ4v) is 1.81. The second-order valence-corrected chi connectivity index (χ2v) is 3.97. The summed E-state index contributed by atoms with van der Waals surface area (Å²) in [6.07, 6.45) is 1.64. The number of amides is 1. The van der Waals surface area contributed by atoms with Gasteiger partial charge in [-0.1, -0.05) is 34.6 Å². The van der Waals surface area contributed by atoms with E-state index in [1.807, 2.05) is 39.5 Å². The average molecular weight is 274 g/mol. The first-order valence-corrected chi connectivity index (χ1v) is 7.77. The highest BCUT2D eigenvalue weighted by atomic mass is 16.5. The average Bonchev–Trinajstić information content (AvgIpc) is 2.50.